The number of aryl methyl sites for hydroxylation is 2. The van der Waals surface area contributed by atoms with Gasteiger partial charge in [-0.2, -0.15) is 5.10 Å². The molecule has 3 heteroatoms. The third-order valence-corrected chi connectivity index (χ3v) is 3.73. The quantitative estimate of drug-likeness (QED) is 0.731. The zero-order valence-electron chi connectivity index (χ0n) is 12.7. The molecule has 0 saturated carbocycles. The van der Waals surface area contributed by atoms with Gasteiger partial charge in [0.25, 0.3) is 5.91 Å². The van der Waals surface area contributed by atoms with Crippen LogP contribution in [0.25, 0.3) is 0 Å². The summed E-state index contributed by atoms with van der Waals surface area (Å²) in [4.78, 5) is 13.1. The Hall–Kier alpha value is -2.68. The molecular weight excluding hydrogens is 272 g/mol. The molecule has 22 heavy (non-hydrogen) atoms. The Morgan fingerprint density at radius 1 is 0.909 bits per heavy atom. The second-order valence-corrected chi connectivity index (χ2v) is 5.43. The van der Waals surface area contributed by atoms with Gasteiger partial charge in [0.1, 0.15) is 0 Å². The molecule has 0 radical (unpaired) electrons. The van der Waals surface area contributed by atoms with Crippen LogP contribution in [-0.4, -0.2) is 15.7 Å². The number of benzene rings is 2. The van der Waals surface area contributed by atoms with Crippen LogP contribution in [-0.2, 0) is 0 Å². The second kappa shape index (κ2) is 5.98. The Labute approximate surface area is 130 Å². The maximum absolute atomic E-state index is 13.1. The number of rotatable bonds is 3. The molecule has 0 aliphatic carbocycles. The summed E-state index contributed by atoms with van der Waals surface area (Å²) in [7, 11) is 0. The third-order valence-electron chi connectivity index (χ3n) is 3.73. The molecule has 1 heterocycles. The molecule has 110 valence electrons. The predicted molar refractivity (Wildman–Crippen MR) is 87.1 cm³/mol. The van der Waals surface area contributed by atoms with Crippen LogP contribution < -0.4 is 0 Å². The smallest absolute Gasteiger partial charge is 0.259 e. The van der Waals surface area contributed by atoms with Crippen molar-refractivity contribution in [2.45, 2.75) is 19.8 Å². The highest BCUT2D eigenvalue weighted by Crippen LogP contribution is 2.26. The molecule has 0 atom stereocenters. The molecule has 0 spiro atoms. The van der Waals surface area contributed by atoms with E-state index in [0.717, 1.165) is 22.5 Å². The first-order valence-corrected chi connectivity index (χ1v) is 7.34. The molecule has 3 aromatic rings. The van der Waals surface area contributed by atoms with Gasteiger partial charge in [-0.25, -0.2) is 4.68 Å². The van der Waals surface area contributed by atoms with Crippen molar-refractivity contribution in [1.82, 2.24) is 9.78 Å². The van der Waals surface area contributed by atoms with Crippen LogP contribution in [0.15, 0.2) is 66.7 Å². The van der Waals surface area contributed by atoms with Gasteiger partial charge in [-0.1, -0.05) is 60.7 Å². The van der Waals surface area contributed by atoms with E-state index in [2.05, 4.69) is 5.10 Å². The minimum absolute atomic E-state index is 0.0250. The van der Waals surface area contributed by atoms with Gasteiger partial charge < -0.3 is 0 Å². The summed E-state index contributed by atoms with van der Waals surface area (Å²) in [5.74, 6) is -0.372. The molecule has 0 fully saturated rings. The summed E-state index contributed by atoms with van der Waals surface area (Å²) in [6.07, 6.45) is 0. The minimum atomic E-state index is -0.347. The van der Waals surface area contributed by atoms with Gasteiger partial charge >= 0.3 is 0 Å². The lowest BCUT2D eigenvalue weighted by Gasteiger charge is -2.17. The zero-order chi connectivity index (χ0) is 15.5. The van der Waals surface area contributed by atoms with E-state index >= 15 is 0 Å². The predicted octanol–water partition coefficient (Wildman–Crippen LogP) is 3.97. The second-order valence-electron chi connectivity index (χ2n) is 5.43. The van der Waals surface area contributed by atoms with Gasteiger partial charge in [-0.15, -0.1) is 0 Å². The number of carbonyl (C=O) groups is 1. The van der Waals surface area contributed by atoms with Crippen LogP contribution in [0, 0.1) is 13.8 Å². The Morgan fingerprint density at radius 3 is 1.82 bits per heavy atom. The molecule has 0 bridgehead atoms. The van der Waals surface area contributed by atoms with Crippen LogP contribution in [0.3, 0.4) is 0 Å². The Kier molecular flexibility index (Phi) is 3.88. The number of aromatic nitrogens is 2. The molecule has 2 aromatic carbocycles. The van der Waals surface area contributed by atoms with Gasteiger partial charge in [-0.05, 0) is 31.0 Å². The summed E-state index contributed by atoms with van der Waals surface area (Å²) in [6, 6.07) is 21.6. The van der Waals surface area contributed by atoms with Crippen molar-refractivity contribution < 1.29 is 4.79 Å². The van der Waals surface area contributed by atoms with Crippen molar-refractivity contribution in [2.75, 3.05) is 0 Å². The van der Waals surface area contributed by atoms with Gasteiger partial charge in [0.05, 0.1) is 11.6 Å². The Bertz CT molecular complexity index is 736. The average Bonchev–Trinajstić information content (AvgIpc) is 2.88. The van der Waals surface area contributed by atoms with Gasteiger partial charge in [0.2, 0.25) is 0 Å². The fraction of sp³-hybridized carbons (Fsp3) is 0.158. The van der Waals surface area contributed by atoms with E-state index in [-0.39, 0.29) is 11.8 Å². The van der Waals surface area contributed by atoms with E-state index < -0.39 is 0 Å². The first-order valence-electron chi connectivity index (χ1n) is 7.34. The zero-order valence-corrected chi connectivity index (χ0v) is 12.7. The van der Waals surface area contributed by atoms with Crippen molar-refractivity contribution in [2.24, 2.45) is 0 Å². The maximum Gasteiger partial charge on any atom is 0.259 e. The molecule has 1 aromatic heterocycles. The van der Waals surface area contributed by atoms with Crippen molar-refractivity contribution >= 4 is 5.91 Å². The molecule has 0 aliphatic rings. The standard InChI is InChI=1S/C19H18N2O/c1-14-13-15(2)21(20-14)19(22)18(16-9-5-3-6-10-16)17-11-7-4-8-12-17/h3-13,18H,1-2H3. The van der Waals surface area contributed by atoms with E-state index in [1.54, 1.807) is 0 Å². The molecule has 3 nitrogen and oxygen atoms in total. The third kappa shape index (κ3) is 2.70. The van der Waals surface area contributed by atoms with Crippen LogP contribution in [0.2, 0.25) is 0 Å². The lowest BCUT2D eigenvalue weighted by molar-refractivity contribution is 0.0874. The molecule has 0 unspecified atom stereocenters. The highest BCUT2D eigenvalue weighted by Gasteiger charge is 2.25. The summed E-state index contributed by atoms with van der Waals surface area (Å²) in [5, 5.41) is 4.35. The summed E-state index contributed by atoms with van der Waals surface area (Å²) >= 11 is 0. The number of hydrogen-bond acceptors (Lipinski definition) is 2. The fourth-order valence-electron chi connectivity index (χ4n) is 2.74. The molecule has 3 rings (SSSR count). The highest BCUT2D eigenvalue weighted by molar-refractivity contribution is 5.89. The van der Waals surface area contributed by atoms with Crippen molar-refractivity contribution in [3.63, 3.8) is 0 Å². The number of nitrogens with zero attached hydrogens (tertiary/aromatic N) is 2. The van der Waals surface area contributed by atoms with Crippen LogP contribution >= 0.6 is 0 Å². The van der Waals surface area contributed by atoms with Crippen molar-refractivity contribution in [1.29, 1.82) is 0 Å². The van der Waals surface area contributed by atoms with E-state index in [1.165, 1.54) is 4.68 Å². The van der Waals surface area contributed by atoms with Crippen molar-refractivity contribution in [3.05, 3.63) is 89.2 Å². The molecular formula is C19H18N2O. The largest absolute Gasteiger partial charge is 0.271 e. The van der Waals surface area contributed by atoms with Gasteiger partial charge in [0, 0.05) is 5.69 Å². The molecule has 0 N–H and O–H groups in total. The van der Waals surface area contributed by atoms with E-state index in [0.29, 0.717) is 0 Å². The fourth-order valence-corrected chi connectivity index (χ4v) is 2.74. The van der Waals surface area contributed by atoms with E-state index in [1.807, 2.05) is 80.6 Å². The average molecular weight is 290 g/mol. The van der Waals surface area contributed by atoms with E-state index in [4.69, 9.17) is 0 Å². The van der Waals surface area contributed by atoms with Crippen LogP contribution in [0.4, 0.5) is 0 Å². The number of carbonyl (C=O) groups excluding carboxylic acids is 1. The Balaban J connectivity index is 2.10. The first-order chi connectivity index (χ1) is 10.7. The lowest BCUT2D eigenvalue weighted by Crippen LogP contribution is -2.23. The van der Waals surface area contributed by atoms with Crippen LogP contribution in [0.5, 0.6) is 0 Å². The van der Waals surface area contributed by atoms with Gasteiger partial charge in [0.15, 0.2) is 0 Å². The monoisotopic (exact) mass is 290 g/mol. The van der Waals surface area contributed by atoms with Crippen molar-refractivity contribution in [3.8, 4) is 0 Å². The molecule has 0 aliphatic heterocycles. The lowest BCUT2D eigenvalue weighted by atomic mass is 9.90. The Morgan fingerprint density at radius 2 is 1.41 bits per heavy atom. The first kappa shape index (κ1) is 14.3. The molecule has 0 amide bonds. The van der Waals surface area contributed by atoms with E-state index in [9.17, 15) is 4.79 Å². The highest BCUT2D eigenvalue weighted by atomic mass is 16.2. The summed E-state index contributed by atoms with van der Waals surface area (Å²) in [5.41, 5.74) is 3.67. The maximum atomic E-state index is 13.1. The normalized spacial score (nSPS) is 10.9. The van der Waals surface area contributed by atoms with Gasteiger partial charge in [-0.3, -0.25) is 4.79 Å². The van der Waals surface area contributed by atoms with Crippen LogP contribution in [0.1, 0.15) is 33.2 Å². The summed E-state index contributed by atoms with van der Waals surface area (Å²) < 4.78 is 1.51. The number of hydrogen-bond donors (Lipinski definition) is 0. The summed E-state index contributed by atoms with van der Waals surface area (Å²) in [6.45, 7) is 3.81. The topological polar surface area (TPSA) is 34.9 Å². The SMILES string of the molecule is Cc1cc(C)n(C(=O)C(c2ccccc2)c2ccccc2)n1. The molecule has 0 saturated heterocycles. The minimum Gasteiger partial charge on any atom is -0.271 e.